The zero-order valence-corrected chi connectivity index (χ0v) is 14.8. The van der Waals surface area contributed by atoms with Crippen LogP contribution < -0.4 is 0 Å². The summed E-state index contributed by atoms with van der Waals surface area (Å²) in [6.45, 7) is 4.46. The summed E-state index contributed by atoms with van der Waals surface area (Å²) < 4.78 is 12.2. The molecule has 0 unspecified atom stereocenters. The summed E-state index contributed by atoms with van der Waals surface area (Å²) in [7, 11) is 1.70. The second-order valence-electron chi connectivity index (χ2n) is 6.56. The Balaban J connectivity index is 1.60. The molecule has 136 valence electrons. The predicted molar refractivity (Wildman–Crippen MR) is 89.9 cm³/mol. The van der Waals surface area contributed by atoms with Gasteiger partial charge in [-0.3, -0.25) is 9.48 Å². The highest BCUT2D eigenvalue weighted by atomic mass is 16.5. The molecular weight excluding hydrogens is 322 g/mol. The van der Waals surface area contributed by atoms with Gasteiger partial charge in [0.15, 0.2) is 5.82 Å². The zero-order valence-electron chi connectivity index (χ0n) is 14.8. The summed E-state index contributed by atoms with van der Waals surface area (Å²) in [6.07, 6.45) is 6.54. The number of hydrogen-bond donors (Lipinski definition) is 0. The van der Waals surface area contributed by atoms with Crippen molar-refractivity contribution >= 4 is 5.91 Å². The van der Waals surface area contributed by atoms with Crippen molar-refractivity contribution in [2.24, 2.45) is 0 Å². The average molecular weight is 347 g/mol. The van der Waals surface area contributed by atoms with Gasteiger partial charge in [0.05, 0.1) is 0 Å². The highest BCUT2D eigenvalue weighted by Crippen LogP contribution is 2.37. The Labute approximate surface area is 147 Å². The van der Waals surface area contributed by atoms with Crippen molar-refractivity contribution < 1.29 is 14.1 Å². The fourth-order valence-corrected chi connectivity index (χ4v) is 3.38. The number of hydrogen-bond acceptors (Lipinski definition) is 6. The molecule has 1 saturated heterocycles. The third-order valence-electron chi connectivity index (χ3n) is 4.97. The maximum Gasteiger partial charge on any atom is 0.224 e. The molecule has 0 aromatic carbocycles. The molecule has 3 heterocycles. The topological polar surface area (TPSA) is 86.3 Å². The van der Waals surface area contributed by atoms with Crippen LogP contribution in [-0.4, -0.2) is 57.5 Å². The van der Waals surface area contributed by atoms with E-state index in [2.05, 4.69) is 15.2 Å². The molecule has 1 fully saturated rings. The van der Waals surface area contributed by atoms with E-state index in [-0.39, 0.29) is 11.3 Å². The van der Waals surface area contributed by atoms with E-state index in [0.717, 1.165) is 25.1 Å². The number of aryl methyl sites for hydroxylation is 2. The quantitative estimate of drug-likeness (QED) is 0.755. The van der Waals surface area contributed by atoms with Crippen molar-refractivity contribution in [2.75, 3.05) is 26.8 Å². The number of carbonyl (C=O) groups is 1. The Hall–Kier alpha value is -2.22. The number of aromatic nitrogens is 4. The second kappa shape index (κ2) is 7.77. The number of nitrogens with zero attached hydrogens (tertiary/aromatic N) is 5. The molecule has 8 heteroatoms. The van der Waals surface area contributed by atoms with Crippen LogP contribution in [0.1, 0.15) is 37.4 Å². The van der Waals surface area contributed by atoms with Crippen LogP contribution in [0, 0.1) is 6.92 Å². The molecule has 0 atom stereocenters. The summed E-state index contributed by atoms with van der Waals surface area (Å²) in [5.41, 5.74) is -0.174. The number of likely N-dealkylation sites (tertiary alicyclic amines) is 1. The molecule has 0 N–H and O–H groups in total. The minimum absolute atomic E-state index is 0.167. The van der Waals surface area contributed by atoms with Crippen molar-refractivity contribution in [1.29, 1.82) is 0 Å². The van der Waals surface area contributed by atoms with Gasteiger partial charge in [-0.1, -0.05) is 5.16 Å². The summed E-state index contributed by atoms with van der Waals surface area (Å²) in [4.78, 5) is 18.9. The van der Waals surface area contributed by atoms with Crippen LogP contribution in [-0.2, 0) is 21.5 Å². The maximum absolute atomic E-state index is 12.5. The molecule has 1 aliphatic heterocycles. The Morgan fingerprint density at radius 1 is 1.40 bits per heavy atom. The van der Waals surface area contributed by atoms with Gasteiger partial charge in [0.1, 0.15) is 0 Å². The molecule has 2 aromatic rings. The van der Waals surface area contributed by atoms with Gasteiger partial charge >= 0.3 is 0 Å². The second-order valence-corrected chi connectivity index (χ2v) is 6.56. The van der Waals surface area contributed by atoms with Gasteiger partial charge < -0.3 is 14.2 Å². The van der Waals surface area contributed by atoms with E-state index in [4.69, 9.17) is 9.26 Å². The minimum atomic E-state index is -0.174. The number of carbonyl (C=O) groups excluding carboxylic acids is 1. The normalized spacial score (nSPS) is 17.0. The monoisotopic (exact) mass is 347 g/mol. The van der Waals surface area contributed by atoms with Crippen LogP contribution in [0.2, 0.25) is 0 Å². The molecule has 1 amide bonds. The van der Waals surface area contributed by atoms with Crippen LogP contribution in [0.25, 0.3) is 0 Å². The molecule has 2 aromatic heterocycles. The molecule has 0 bridgehead atoms. The first-order chi connectivity index (χ1) is 12.1. The number of rotatable bonds is 7. The van der Waals surface area contributed by atoms with E-state index in [1.165, 1.54) is 0 Å². The lowest BCUT2D eigenvalue weighted by atomic mass is 9.75. The van der Waals surface area contributed by atoms with Crippen molar-refractivity contribution in [3.05, 3.63) is 30.2 Å². The molecule has 25 heavy (non-hydrogen) atoms. The molecule has 0 radical (unpaired) electrons. The first-order valence-corrected chi connectivity index (χ1v) is 8.68. The van der Waals surface area contributed by atoms with Crippen LogP contribution in [0.15, 0.2) is 23.0 Å². The first kappa shape index (κ1) is 17.6. The predicted octanol–water partition coefficient (Wildman–Crippen LogP) is 1.56. The largest absolute Gasteiger partial charge is 0.385 e. The van der Waals surface area contributed by atoms with Crippen LogP contribution in [0.5, 0.6) is 0 Å². The average Bonchev–Trinajstić information content (AvgIpc) is 3.30. The van der Waals surface area contributed by atoms with Crippen molar-refractivity contribution in [3.8, 4) is 0 Å². The molecular formula is C17H25N5O3. The minimum Gasteiger partial charge on any atom is -0.385 e. The number of piperidine rings is 1. The summed E-state index contributed by atoms with van der Waals surface area (Å²) in [5, 5.41) is 8.29. The summed E-state index contributed by atoms with van der Waals surface area (Å²) in [5.74, 6) is 1.48. The van der Waals surface area contributed by atoms with E-state index in [9.17, 15) is 4.79 Å². The lowest BCUT2D eigenvalue weighted by molar-refractivity contribution is -0.133. The van der Waals surface area contributed by atoms with Crippen molar-refractivity contribution in [2.45, 2.75) is 44.6 Å². The molecule has 1 aliphatic rings. The Bertz CT molecular complexity index is 674. The van der Waals surface area contributed by atoms with E-state index in [1.54, 1.807) is 24.9 Å². The molecule has 8 nitrogen and oxygen atoms in total. The fourth-order valence-electron chi connectivity index (χ4n) is 3.38. The molecule has 0 saturated carbocycles. The number of methoxy groups -OCH3 is 1. The standard InChI is InChI=1S/C17H25N5O3/c1-14-19-16(20-25-14)17(7-13-24-2)5-11-21(12-6-17)15(23)4-10-22-9-3-8-18-22/h3,8-9H,4-7,10-13H2,1-2H3. The van der Waals surface area contributed by atoms with Gasteiger partial charge in [-0.2, -0.15) is 10.1 Å². The van der Waals surface area contributed by atoms with Crippen LogP contribution >= 0.6 is 0 Å². The number of ether oxygens (including phenoxy) is 1. The molecule has 3 rings (SSSR count). The lowest BCUT2D eigenvalue weighted by Gasteiger charge is -2.39. The third-order valence-corrected chi connectivity index (χ3v) is 4.97. The lowest BCUT2D eigenvalue weighted by Crippen LogP contribution is -2.46. The Kier molecular flexibility index (Phi) is 5.47. The fraction of sp³-hybridized carbons (Fsp3) is 0.647. The SMILES string of the molecule is COCCC1(c2noc(C)n2)CCN(C(=O)CCn2cccn2)CC1. The van der Waals surface area contributed by atoms with Crippen LogP contribution in [0.4, 0.5) is 0 Å². The van der Waals surface area contributed by atoms with Gasteiger partial charge in [0.2, 0.25) is 11.8 Å². The van der Waals surface area contributed by atoms with Gasteiger partial charge in [-0.25, -0.2) is 0 Å². The van der Waals surface area contributed by atoms with E-state index in [0.29, 0.717) is 38.6 Å². The van der Waals surface area contributed by atoms with Crippen LogP contribution in [0.3, 0.4) is 0 Å². The van der Waals surface area contributed by atoms with Crippen molar-refractivity contribution in [1.82, 2.24) is 24.8 Å². The third kappa shape index (κ3) is 4.07. The van der Waals surface area contributed by atoms with Gasteiger partial charge in [-0.15, -0.1) is 0 Å². The zero-order chi connectivity index (χ0) is 17.7. The van der Waals surface area contributed by atoms with E-state index < -0.39 is 0 Å². The molecule has 0 spiro atoms. The van der Waals surface area contributed by atoms with Gasteiger partial charge in [-0.05, 0) is 25.3 Å². The summed E-state index contributed by atoms with van der Waals surface area (Å²) in [6, 6.07) is 1.86. The van der Waals surface area contributed by atoms with E-state index >= 15 is 0 Å². The Morgan fingerprint density at radius 2 is 2.20 bits per heavy atom. The van der Waals surface area contributed by atoms with Gasteiger partial charge in [0, 0.05) is 64.5 Å². The highest BCUT2D eigenvalue weighted by molar-refractivity contribution is 5.76. The van der Waals surface area contributed by atoms with Gasteiger partial charge in [0.25, 0.3) is 0 Å². The Morgan fingerprint density at radius 3 is 2.80 bits per heavy atom. The first-order valence-electron chi connectivity index (χ1n) is 8.68. The smallest absolute Gasteiger partial charge is 0.224 e. The molecule has 0 aliphatic carbocycles. The highest BCUT2D eigenvalue weighted by Gasteiger charge is 2.40. The maximum atomic E-state index is 12.5. The van der Waals surface area contributed by atoms with Crippen molar-refractivity contribution in [3.63, 3.8) is 0 Å². The van der Waals surface area contributed by atoms with E-state index in [1.807, 2.05) is 17.2 Å². The summed E-state index contributed by atoms with van der Waals surface area (Å²) >= 11 is 0. The number of amides is 1.